The zero-order valence-corrected chi connectivity index (χ0v) is 24.7. The molecule has 43 heavy (non-hydrogen) atoms. The molecule has 0 radical (unpaired) electrons. The van der Waals surface area contributed by atoms with E-state index < -0.39 is 34.6 Å². The lowest BCUT2D eigenvalue weighted by Gasteiger charge is -2.20. The number of sulfonamides is 1. The summed E-state index contributed by atoms with van der Waals surface area (Å²) in [5.74, 6) is 0.310. The van der Waals surface area contributed by atoms with Crippen LogP contribution in [0.1, 0.15) is 29.1 Å². The third kappa shape index (κ3) is 7.18. The minimum atomic E-state index is -3.66. The third-order valence-electron chi connectivity index (χ3n) is 7.29. The molecule has 4 N–H and O–H groups in total. The lowest BCUT2D eigenvalue weighted by molar-refractivity contribution is -0.0580. The number of fused-ring (bicyclic) bond motifs is 1. The van der Waals surface area contributed by atoms with Gasteiger partial charge in [-0.15, -0.1) is 0 Å². The van der Waals surface area contributed by atoms with Crippen LogP contribution in [0.2, 0.25) is 0 Å². The molecule has 0 unspecified atom stereocenters. The number of aliphatic hydroxyl groups is 2. The number of nitrogens with one attached hydrogen (secondary N) is 2. The van der Waals surface area contributed by atoms with Crippen molar-refractivity contribution >= 4 is 27.0 Å². The van der Waals surface area contributed by atoms with Crippen LogP contribution in [0.15, 0.2) is 67.0 Å². The number of rotatable bonds is 14. The van der Waals surface area contributed by atoms with E-state index in [1.165, 1.54) is 25.1 Å². The maximum Gasteiger partial charge on any atom is 0.214 e. The molecule has 0 spiro atoms. The van der Waals surface area contributed by atoms with Crippen molar-refractivity contribution in [2.75, 3.05) is 45.0 Å². The van der Waals surface area contributed by atoms with Gasteiger partial charge >= 0.3 is 0 Å². The molecule has 0 amide bonds. The number of imidazole rings is 1. The van der Waals surface area contributed by atoms with Crippen LogP contribution in [-0.2, 0) is 30.8 Å². The van der Waals surface area contributed by atoms with Gasteiger partial charge in [-0.3, -0.25) is 4.57 Å². The molecule has 230 valence electrons. The molecular formula is C29H36N6O7S. The van der Waals surface area contributed by atoms with Gasteiger partial charge in [-0.25, -0.2) is 28.1 Å². The first kappa shape index (κ1) is 30.9. The van der Waals surface area contributed by atoms with E-state index in [0.717, 1.165) is 11.1 Å². The summed E-state index contributed by atoms with van der Waals surface area (Å²) < 4.78 is 44.9. The highest BCUT2D eigenvalue weighted by Gasteiger charge is 2.44. The zero-order chi connectivity index (χ0) is 30.4. The quantitative estimate of drug-likeness (QED) is 0.162. The predicted molar refractivity (Wildman–Crippen MR) is 159 cm³/mol. The van der Waals surface area contributed by atoms with E-state index in [0.29, 0.717) is 23.5 Å². The third-order valence-corrected chi connectivity index (χ3v) is 8.58. The Hall–Kier alpha value is -3.50. The number of aromatic nitrogens is 4. The highest BCUT2D eigenvalue weighted by atomic mass is 32.2. The Bertz CT molecular complexity index is 1550. The van der Waals surface area contributed by atoms with Crippen molar-refractivity contribution in [1.29, 1.82) is 0 Å². The topological polar surface area (TPSA) is 170 Å². The summed E-state index contributed by atoms with van der Waals surface area (Å²) >= 11 is 0. The SMILES string of the molecule is COCCS(=O)(=O)NCc1nc(NCC(c2ccccc2)c2ccccc2)c2ncn([C@@H]3O[C@H](COC)[C@@H](O)[C@H]3O)c2n1. The fraction of sp³-hybridized carbons (Fsp3) is 0.414. The van der Waals surface area contributed by atoms with Crippen molar-refractivity contribution in [3.63, 3.8) is 0 Å². The van der Waals surface area contributed by atoms with E-state index in [-0.39, 0.29) is 37.3 Å². The number of nitrogens with zero attached hydrogens (tertiary/aromatic N) is 4. The lowest BCUT2D eigenvalue weighted by atomic mass is 9.91. The molecule has 14 heteroatoms. The second-order valence-corrected chi connectivity index (χ2v) is 12.1. The molecule has 1 fully saturated rings. The minimum absolute atomic E-state index is 0.0320. The Morgan fingerprint density at radius 3 is 2.28 bits per heavy atom. The number of aliphatic hydroxyl groups excluding tert-OH is 2. The summed E-state index contributed by atoms with van der Waals surface area (Å²) in [6.07, 6.45) is -2.77. The van der Waals surface area contributed by atoms with E-state index >= 15 is 0 Å². The maximum atomic E-state index is 12.5. The minimum Gasteiger partial charge on any atom is -0.387 e. The Morgan fingerprint density at radius 2 is 1.65 bits per heavy atom. The largest absolute Gasteiger partial charge is 0.387 e. The summed E-state index contributed by atoms with van der Waals surface area (Å²) in [5.41, 5.74) is 2.90. The molecule has 2 aromatic heterocycles. The van der Waals surface area contributed by atoms with Crippen molar-refractivity contribution in [2.24, 2.45) is 0 Å². The standard InChI is InChI=1S/C29H36N6O7S/c1-40-13-14-43(38,39)32-16-23-33-27(30-15-21(19-9-5-3-6-10-19)20-11-7-4-8-12-20)24-28(34-23)35(18-31-24)29-26(37)25(36)22(42-29)17-41-2/h3-12,18,21-22,25-26,29,32,36-37H,13-17H2,1-2H3,(H,30,33,34)/t22-,25-,26-,29-/m1/s1. The van der Waals surface area contributed by atoms with Crippen LogP contribution in [0.25, 0.3) is 11.2 Å². The summed E-state index contributed by atoms with van der Waals surface area (Å²) in [5, 5.41) is 24.7. The van der Waals surface area contributed by atoms with Gasteiger partial charge in [-0.2, -0.15) is 0 Å². The number of hydrogen-bond acceptors (Lipinski definition) is 11. The van der Waals surface area contributed by atoms with Crippen LogP contribution < -0.4 is 10.0 Å². The second kappa shape index (κ2) is 13.9. The van der Waals surface area contributed by atoms with Crippen LogP contribution in [0.3, 0.4) is 0 Å². The van der Waals surface area contributed by atoms with Gasteiger partial charge in [0.05, 0.1) is 31.8 Å². The predicted octanol–water partition coefficient (Wildman–Crippen LogP) is 1.40. The number of benzene rings is 2. The van der Waals surface area contributed by atoms with Gasteiger partial charge in [-0.05, 0) is 11.1 Å². The van der Waals surface area contributed by atoms with Gasteiger partial charge in [0.1, 0.15) is 24.1 Å². The Balaban J connectivity index is 1.50. The van der Waals surface area contributed by atoms with Crippen LogP contribution in [0, 0.1) is 0 Å². The van der Waals surface area contributed by atoms with Crippen molar-refractivity contribution in [3.05, 3.63) is 83.9 Å². The van der Waals surface area contributed by atoms with Gasteiger partial charge in [0.2, 0.25) is 10.0 Å². The van der Waals surface area contributed by atoms with Gasteiger partial charge in [-0.1, -0.05) is 60.7 Å². The fourth-order valence-electron chi connectivity index (χ4n) is 5.05. The molecule has 0 saturated carbocycles. The van der Waals surface area contributed by atoms with Crippen LogP contribution in [0.4, 0.5) is 5.82 Å². The first-order valence-corrected chi connectivity index (χ1v) is 15.5. The van der Waals surface area contributed by atoms with Gasteiger partial charge in [0.15, 0.2) is 23.2 Å². The van der Waals surface area contributed by atoms with Crippen LogP contribution >= 0.6 is 0 Å². The molecule has 3 heterocycles. The van der Waals surface area contributed by atoms with Crippen molar-refractivity contribution in [2.45, 2.75) is 37.0 Å². The van der Waals surface area contributed by atoms with Crippen molar-refractivity contribution in [3.8, 4) is 0 Å². The molecular weight excluding hydrogens is 576 g/mol. The molecule has 13 nitrogen and oxygen atoms in total. The van der Waals surface area contributed by atoms with Crippen LogP contribution in [-0.4, -0.2) is 96.2 Å². The van der Waals surface area contributed by atoms with Gasteiger partial charge in [0, 0.05) is 26.7 Å². The Morgan fingerprint density at radius 1 is 0.977 bits per heavy atom. The molecule has 5 rings (SSSR count). The van der Waals surface area contributed by atoms with E-state index in [1.54, 1.807) is 0 Å². The highest BCUT2D eigenvalue weighted by Crippen LogP contribution is 2.33. The first-order valence-electron chi connectivity index (χ1n) is 13.8. The second-order valence-electron chi connectivity index (χ2n) is 10.2. The van der Waals surface area contributed by atoms with Gasteiger partial charge in [0.25, 0.3) is 0 Å². The molecule has 4 aromatic rings. The number of methoxy groups -OCH3 is 2. The number of hydrogen-bond donors (Lipinski definition) is 4. The summed E-state index contributed by atoms with van der Waals surface area (Å²) in [6, 6.07) is 20.1. The lowest BCUT2D eigenvalue weighted by Crippen LogP contribution is -2.33. The Kier molecular flexibility index (Phi) is 9.97. The van der Waals surface area contributed by atoms with E-state index in [4.69, 9.17) is 14.2 Å². The summed E-state index contributed by atoms with van der Waals surface area (Å²) in [4.78, 5) is 13.7. The first-order chi connectivity index (χ1) is 20.8. The number of anilines is 1. The summed E-state index contributed by atoms with van der Waals surface area (Å²) in [7, 11) is -0.751. The highest BCUT2D eigenvalue weighted by molar-refractivity contribution is 7.89. The molecule has 1 aliphatic rings. The van der Waals surface area contributed by atoms with E-state index in [9.17, 15) is 18.6 Å². The maximum absolute atomic E-state index is 12.5. The fourth-order valence-corrected chi connectivity index (χ4v) is 5.93. The zero-order valence-electron chi connectivity index (χ0n) is 23.9. The molecule has 2 aromatic carbocycles. The van der Waals surface area contributed by atoms with Crippen molar-refractivity contribution < 1.29 is 32.8 Å². The molecule has 0 aliphatic carbocycles. The molecule has 1 aliphatic heterocycles. The Labute approximate surface area is 249 Å². The molecule has 4 atom stereocenters. The van der Waals surface area contributed by atoms with E-state index in [2.05, 4.69) is 49.3 Å². The normalized spacial score (nSPS) is 20.7. The summed E-state index contributed by atoms with van der Waals surface area (Å²) in [6.45, 7) is 0.379. The average Bonchev–Trinajstić information content (AvgIpc) is 3.57. The monoisotopic (exact) mass is 612 g/mol. The van der Waals surface area contributed by atoms with Crippen molar-refractivity contribution in [1.82, 2.24) is 24.2 Å². The van der Waals surface area contributed by atoms with E-state index in [1.807, 2.05) is 36.4 Å². The molecule has 1 saturated heterocycles. The van der Waals surface area contributed by atoms with Gasteiger partial charge < -0.3 is 29.7 Å². The number of ether oxygens (including phenoxy) is 3. The smallest absolute Gasteiger partial charge is 0.214 e. The average molecular weight is 613 g/mol. The van der Waals surface area contributed by atoms with Crippen LogP contribution in [0.5, 0.6) is 0 Å². The molecule has 0 bridgehead atoms.